The number of unbranched alkanes of at least 4 members (excludes halogenated alkanes) is 3. The number of carbonyl (C=O) groups excluding carboxylic acids is 2. The number of amides is 1. The van der Waals surface area contributed by atoms with Gasteiger partial charge in [0.25, 0.3) is 0 Å². The molecule has 0 spiro atoms. The summed E-state index contributed by atoms with van der Waals surface area (Å²) in [5.41, 5.74) is 11.8. The Kier molecular flexibility index (Phi) is 33.2. The first-order valence-corrected chi connectivity index (χ1v) is 28.8. The zero-order valence-electron chi connectivity index (χ0n) is 47.4. The van der Waals surface area contributed by atoms with Gasteiger partial charge >= 0.3 is 5.97 Å². The van der Waals surface area contributed by atoms with E-state index in [9.17, 15) is 60.7 Å². The molecule has 0 aliphatic carbocycles. The summed E-state index contributed by atoms with van der Waals surface area (Å²) in [5, 5.41) is 116. The van der Waals surface area contributed by atoms with E-state index in [0.717, 1.165) is 19.3 Å². The van der Waals surface area contributed by atoms with Crippen LogP contribution in [0.5, 0.6) is 0 Å². The fourth-order valence-electron chi connectivity index (χ4n) is 10.2. The summed E-state index contributed by atoms with van der Waals surface area (Å²) < 4.78 is 24.6. The van der Waals surface area contributed by atoms with Gasteiger partial charge in [-0.15, -0.1) is 0 Å². The highest BCUT2D eigenvalue weighted by atomic mass is 16.7. The molecule has 3 rings (SSSR count). The summed E-state index contributed by atoms with van der Waals surface area (Å²) in [5.74, 6) is -5.51. The topological polar surface area (TPSA) is 341 Å². The molecule has 79 heavy (non-hydrogen) atoms. The van der Waals surface area contributed by atoms with Crippen molar-refractivity contribution < 1.29 is 79.6 Å². The molecule has 3 aliphatic rings. The van der Waals surface area contributed by atoms with Gasteiger partial charge in [0, 0.05) is 44.1 Å². The Morgan fingerprint density at radius 3 is 1.86 bits per heavy atom. The van der Waals surface area contributed by atoms with Gasteiger partial charge in [-0.2, -0.15) is 0 Å². The Morgan fingerprint density at radius 1 is 0.671 bits per heavy atom. The lowest BCUT2D eigenvalue weighted by molar-refractivity contribution is -0.311. The van der Waals surface area contributed by atoms with Gasteiger partial charge in [0.05, 0.1) is 85.5 Å². The van der Waals surface area contributed by atoms with Gasteiger partial charge in [0.15, 0.2) is 12.1 Å². The fraction of sp³-hybridized carbons (Fsp3) is 0.729. The molecule has 0 aromatic heterocycles. The summed E-state index contributed by atoms with van der Waals surface area (Å²) >= 11 is 0. The minimum atomic E-state index is -2.27. The molecule has 0 saturated carbocycles. The number of nitrogens with one attached hydrogen (secondary N) is 1. The van der Waals surface area contributed by atoms with Crippen LogP contribution in [0.25, 0.3) is 0 Å². The number of nitrogens with zero attached hydrogens (tertiary/aromatic N) is 1. The molecule has 452 valence electrons. The Labute approximate surface area is 469 Å². The normalized spacial score (nSPS) is 36.8. The second-order valence-corrected chi connectivity index (χ2v) is 21.8. The largest absolute Gasteiger partial charge is 0.462 e. The van der Waals surface area contributed by atoms with E-state index >= 15 is 0 Å². The average molecular weight is 1120 g/mol. The highest BCUT2D eigenvalue weighted by Gasteiger charge is 2.51. The molecular weight excluding hydrogens is 1020 g/mol. The van der Waals surface area contributed by atoms with E-state index in [1.54, 1.807) is 51.2 Å². The SMILES string of the molecule is CCCCCCNC(=O)[C@H]1[C@@H]2C[C@@H](O[C@@H]3O[C@H](C)[C@@H](O)[C@H](N(CCCN)CCCN)[C@@H]3O)C=CC=CC=CC=CC=CC=CC=C[C@H](C)[C@@H](O)[C@@H](C)[C@H](C)OC(=O)C[C@H](O)C[C@H](O)CC[C@@H](O)[C@H](O)C[C@H](O)C[C@](O)(C[C@@H]1O)O2. The van der Waals surface area contributed by atoms with E-state index in [1.165, 1.54) is 0 Å². The molecule has 20 heteroatoms. The number of cyclic esters (lactones) is 1. The number of hydrogen-bond acceptors (Lipinski definition) is 19. The molecule has 3 heterocycles. The first kappa shape index (κ1) is 69.7. The van der Waals surface area contributed by atoms with Crippen molar-refractivity contribution in [1.29, 1.82) is 0 Å². The number of ether oxygens (including phenoxy) is 4. The summed E-state index contributed by atoms with van der Waals surface area (Å²) in [6, 6.07) is -0.840. The van der Waals surface area contributed by atoms with Crippen molar-refractivity contribution in [2.45, 2.75) is 222 Å². The highest BCUT2D eigenvalue weighted by molar-refractivity contribution is 5.80. The fourth-order valence-corrected chi connectivity index (χ4v) is 10.2. The van der Waals surface area contributed by atoms with Gasteiger partial charge in [-0.1, -0.05) is 125 Å². The zero-order chi connectivity index (χ0) is 58.5. The third-order valence-corrected chi connectivity index (χ3v) is 15.0. The minimum absolute atomic E-state index is 0.0922. The molecule has 0 radical (unpaired) electrons. The van der Waals surface area contributed by atoms with Crippen LogP contribution in [-0.2, 0) is 28.5 Å². The van der Waals surface area contributed by atoms with Gasteiger partial charge < -0.3 is 86.8 Å². The summed E-state index contributed by atoms with van der Waals surface area (Å²) in [4.78, 5) is 28.8. The Morgan fingerprint density at radius 2 is 1.27 bits per heavy atom. The maximum absolute atomic E-state index is 14.1. The number of rotatable bonds is 15. The number of hydrogen-bond donors (Lipinski definition) is 13. The third kappa shape index (κ3) is 25.3. The quantitative estimate of drug-likeness (QED) is 0.0827. The van der Waals surface area contributed by atoms with Gasteiger partial charge in [-0.05, 0) is 78.6 Å². The number of fused-ring (bicyclic) bond motifs is 2. The van der Waals surface area contributed by atoms with Crippen LogP contribution in [0.3, 0.4) is 0 Å². The second-order valence-electron chi connectivity index (χ2n) is 21.8. The van der Waals surface area contributed by atoms with E-state index in [0.29, 0.717) is 52.0 Å². The van der Waals surface area contributed by atoms with Crippen molar-refractivity contribution >= 4 is 11.9 Å². The average Bonchev–Trinajstić information content (AvgIpc) is 3.40. The predicted octanol–water partition coefficient (Wildman–Crippen LogP) is 2.36. The number of aliphatic hydroxyl groups is 10. The highest BCUT2D eigenvalue weighted by Crippen LogP contribution is 2.38. The molecule has 19 atom stereocenters. The molecule has 2 bridgehead atoms. The summed E-state index contributed by atoms with van der Waals surface area (Å²) in [6.07, 6.45) is 10.1. The van der Waals surface area contributed by atoms with Crippen LogP contribution in [0.1, 0.15) is 125 Å². The van der Waals surface area contributed by atoms with Crippen LogP contribution in [0.4, 0.5) is 0 Å². The monoisotopic (exact) mass is 1120 g/mol. The first-order valence-electron chi connectivity index (χ1n) is 28.8. The van der Waals surface area contributed by atoms with E-state index in [-0.39, 0.29) is 31.6 Å². The van der Waals surface area contributed by atoms with Gasteiger partial charge in [0.1, 0.15) is 12.2 Å². The van der Waals surface area contributed by atoms with E-state index in [1.807, 2.05) is 66.5 Å². The van der Waals surface area contributed by atoms with Gasteiger partial charge in [-0.25, -0.2) is 0 Å². The molecule has 1 amide bonds. The van der Waals surface area contributed by atoms with Crippen LogP contribution >= 0.6 is 0 Å². The zero-order valence-corrected chi connectivity index (χ0v) is 47.4. The molecule has 0 aromatic carbocycles. The van der Waals surface area contributed by atoms with Crippen molar-refractivity contribution in [2.24, 2.45) is 29.2 Å². The molecule has 0 unspecified atom stereocenters. The van der Waals surface area contributed by atoms with E-state index < -0.39 is 147 Å². The third-order valence-electron chi connectivity index (χ3n) is 15.0. The standard InChI is InChI=1S/C59H100N4O16/c1-6-7-8-21-30-62-57(74)52-49(69)38-59(75)37-45(66)34-48(68)47(67)27-26-43(64)33-44(65)35-51(70)76-41(4)40(3)54(71)39(2)24-19-17-15-13-11-9-10-12-14-16-18-20-25-46(36-50(52)79-59)78-58-56(73)53(55(72)42(5)77-58)63(31-22-28-60)32-23-29-61/h9-20,24-25,39-50,52-56,58,64-69,71-73,75H,6-8,21-23,26-38,60-61H2,1-5H3,(H,62,74)/t39-,40-,41-,42+,43+,44+,45-,46-,47+,48+,49-,50-,52+,53-,54+,55+,56-,58-,59+/m0/s1. The number of carbonyl (C=O) groups is 2. The van der Waals surface area contributed by atoms with Crippen LogP contribution in [0, 0.1) is 17.8 Å². The van der Waals surface area contributed by atoms with Crippen LogP contribution in [0.2, 0.25) is 0 Å². The minimum Gasteiger partial charge on any atom is -0.462 e. The Hall–Kier alpha value is -3.52. The van der Waals surface area contributed by atoms with Crippen LogP contribution in [0.15, 0.2) is 85.1 Å². The Balaban J connectivity index is 2.02. The number of aliphatic hydroxyl groups excluding tert-OH is 9. The van der Waals surface area contributed by atoms with Crippen molar-refractivity contribution in [3.8, 4) is 0 Å². The molecule has 2 saturated heterocycles. The van der Waals surface area contributed by atoms with Crippen LogP contribution in [-0.4, -0.2) is 198 Å². The molecule has 0 aromatic rings. The predicted molar refractivity (Wildman–Crippen MR) is 301 cm³/mol. The maximum atomic E-state index is 14.1. The molecule has 20 nitrogen and oxygen atoms in total. The van der Waals surface area contributed by atoms with Gasteiger partial charge in [0.2, 0.25) is 5.91 Å². The lowest BCUT2D eigenvalue weighted by Gasteiger charge is -2.48. The van der Waals surface area contributed by atoms with Crippen molar-refractivity contribution in [3.05, 3.63) is 85.1 Å². The molecular formula is C59H100N4O16. The Bertz CT molecular complexity index is 1930. The van der Waals surface area contributed by atoms with E-state index in [2.05, 4.69) is 12.2 Å². The summed E-state index contributed by atoms with van der Waals surface area (Å²) in [6.45, 7) is 11.0. The van der Waals surface area contributed by atoms with Crippen molar-refractivity contribution in [1.82, 2.24) is 10.2 Å². The molecule has 3 aliphatic heterocycles. The van der Waals surface area contributed by atoms with Crippen molar-refractivity contribution in [3.63, 3.8) is 0 Å². The first-order chi connectivity index (χ1) is 37.6. The summed E-state index contributed by atoms with van der Waals surface area (Å²) in [7, 11) is 0. The van der Waals surface area contributed by atoms with Crippen molar-refractivity contribution in [2.75, 3.05) is 32.7 Å². The van der Waals surface area contributed by atoms with Gasteiger partial charge in [-0.3, -0.25) is 14.5 Å². The second kappa shape index (κ2) is 37.6. The number of esters is 1. The number of allylic oxidation sites excluding steroid dienone is 12. The van der Waals surface area contributed by atoms with E-state index in [4.69, 9.17) is 30.4 Å². The number of nitrogens with two attached hydrogens (primary N) is 2. The molecule has 2 fully saturated rings. The maximum Gasteiger partial charge on any atom is 0.308 e. The lowest BCUT2D eigenvalue weighted by atomic mass is 9.82. The molecule has 15 N–H and O–H groups in total. The lowest BCUT2D eigenvalue weighted by Crippen LogP contribution is -2.64. The smallest absolute Gasteiger partial charge is 0.308 e. The van der Waals surface area contributed by atoms with Crippen LogP contribution < -0.4 is 16.8 Å².